The average molecular weight is 374 g/mol. The van der Waals surface area contributed by atoms with Gasteiger partial charge in [-0.05, 0) is 5.92 Å². The van der Waals surface area contributed by atoms with Crippen LogP contribution in [0.5, 0.6) is 0 Å². The lowest BCUT2D eigenvalue weighted by Gasteiger charge is -2.15. The highest BCUT2D eigenvalue weighted by atomic mass is 14.1. The Hall–Kier alpha value is 0.195. The van der Waals surface area contributed by atoms with Gasteiger partial charge in [-0.15, -0.1) is 0 Å². The summed E-state index contributed by atoms with van der Waals surface area (Å²) in [7, 11) is 4.16. The number of unbranched alkanes of at least 4 members (excludes halogenated alkanes) is 9. The highest BCUT2D eigenvalue weighted by Gasteiger charge is 2.08. The monoisotopic (exact) mass is 374 g/mol. The van der Waals surface area contributed by atoms with Crippen molar-refractivity contribution in [1.29, 1.82) is 0 Å². The molecule has 2 atom stereocenters. The van der Waals surface area contributed by atoms with E-state index in [1.807, 2.05) is 0 Å². The largest absolute Gasteiger partial charge is 0.120 e. The van der Waals surface area contributed by atoms with Crippen LogP contribution in [-0.4, -0.2) is 21.8 Å². The molecule has 0 amide bonds. The molecule has 0 radical (unpaired) electrons. The van der Waals surface area contributed by atoms with Crippen LogP contribution in [0, 0.1) is 5.92 Å². The SMILES string of the molecule is CBCCCCCCCCC(BC)CCCCCCCC(CBC)CCC. The molecule has 0 aromatic heterocycles. The maximum atomic E-state index is 2.41. The van der Waals surface area contributed by atoms with Gasteiger partial charge >= 0.3 is 0 Å². The molecule has 0 N–H and O–H groups in total. The second kappa shape index (κ2) is 22.5. The summed E-state index contributed by atoms with van der Waals surface area (Å²) in [5.74, 6) is 2.04. The zero-order valence-corrected chi connectivity index (χ0v) is 20.0. The van der Waals surface area contributed by atoms with Crippen LogP contribution in [0.3, 0.4) is 0 Å². The second-order valence-electron chi connectivity index (χ2n) is 9.33. The van der Waals surface area contributed by atoms with Crippen molar-refractivity contribution in [3.63, 3.8) is 0 Å². The lowest BCUT2D eigenvalue weighted by Crippen LogP contribution is -2.02. The summed E-state index contributed by atoms with van der Waals surface area (Å²) in [5.41, 5.74) is 0. The van der Waals surface area contributed by atoms with Gasteiger partial charge in [0.1, 0.15) is 21.8 Å². The van der Waals surface area contributed by atoms with Gasteiger partial charge in [0.05, 0.1) is 0 Å². The summed E-state index contributed by atoms with van der Waals surface area (Å²) in [5, 5.41) is 0. The average Bonchev–Trinajstić information content (AvgIpc) is 2.67. The lowest BCUT2D eigenvalue weighted by molar-refractivity contribution is 0.448. The van der Waals surface area contributed by atoms with E-state index in [2.05, 4.69) is 27.4 Å². The van der Waals surface area contributed by atoms with Gasteiger partial charge in [-0.25, -0.2) is 0 Å². The molecular weight excluding hydrogens is 321 g/mol. The second-order valence-corrected chi connectivity index (χ2v) is 9.33. The van der Waals surface area contributed by atoms with Crippen LogP contribution in [0.25, 0.3) is 0 Å². The topological polar surface area (TPSA) is 0 Å². The smallest absolute Gasteiger partial charge is 0.0893 e. The molecule has 158 valence electrons. The van der Waals surface area contributed by atoms with E-state index in [1.54, 1.807) is 0 Å². The molecule has 0 saturated carbocycles. The molecule has 0 aromatic rings. The molecule has 0 fully saturated rings. The van der Waals surface area contributed by atoms with Gasteiger partial charge in [-0.3, -0.25) is 0 Å². The molecule has 0 aliphatic carbocycles. The summed E-state index contributed by atoms with van der Waals surface area (Å²) in [6.07, 6.45) is 26.6. The molecule has 0 aromatic carbocycles. The van der Waals surface area contributed by atoms with E-state index >= 15 is 0 Å². The van der Waals surface area contributed by atoms with Crippen molar-refractivity contribution in [2.45, 2.75) is 149 Å². The Bertz CT molecular complexity index is 264. The standard InChI is InChI=1S/C24H53B3/c1-5-17-23(22-26-3)18-13-9-8-11-15-20-24(27-4)19-14-10-6-7-12-16-21-25-2/h23-27H,5-22H2,1-4H3. The Morgan fingerprint density at radius 3 is 1.56 bits per heavy atom. The quantitative estimate of drug-likeness (QED) is 0.133. The number of hydrogen-bond acceptors (Lipinski definition) is 0. The first-order valence-electron chi connectivity index (χ1n) is 13.3. The van der Waals surface area contributed by atoms with E-state index in [4.69, 9.17) is 0 Å². The van der Waals surface area contributed by atoms with Crippen LogP contribution in [0.15, 0.2) is 0 Å². The van der Waals surface area contributed by atoms with Gasteiger partial charge in [0.2, 0.25) is 0 Å². The maximum absolute atomic E-state index is 2.41. The molecule has 0 bridgehead atoms. The van der Waals surface area contributed by atoms with E-state index < -0.39 is 0 Å². The summed E-state index contributed by atoms with van der Waals surface area (Å²) in [4.78, 5) is 0. The summed E-state index contributed by atoms with van der Waals surface area (Å²) in [6, 6.07) is 0. The summed E-state index contributed by atoms with van der Waals surface area (Å²) >= 11 is 0. The molecule has 3 heteroatoms. The third-order valence-corrected chi connectivity index (χ3v) is 6.66. The third-order valence-electron chi connectivity index (χ3n) is 6.66. The molecule has 2 unspecified atom stereocenters. The molecule has 27 heavy (non-hydrogen) atoms. The van der Waals surface area contributed by atoms with Crippen LogP contribution in [-0.2, 0) is 0 Å². The van der Waals surface area contributed by atoms with Crippen LogP contribution < -0.4 is 0 Å². The summed E-state index contributed by atoms with van der Waals surface area (Å²) < 4.78 is 0. The number of rotatable bonds is 22. The number of hydrogen-bond donors (Lipinski definition) is 0. The Morgan fingerprint density at radius 2 is 1.07 bits per heavy atom. The van der Waals surface area contributed by atoms with Crippen LogP contribution in [0.1, 0.15) is 110 Å². The van der Waals surface area contributed by atoms with Crippen molar-refractivity contribution in [3.05, 3.63) is 0 Å². The minimum atomic E-state index is 1.02. The Kier molecular flexibility index (Phi) is 22.6. The minimum absolute atomic E-state index is 1.02. The maximum Gasteiger partial charge on any atom is 0.120 e. The highest BCUT2D eigenvalue weighted by Crippen LogP contribution is 2.24. The third kappa shape index (κ3) is 19.3. The van der Waals surface area contributed by atoms with E-state index in [-0.39, 0.29) is 0 Å². The minimum Gasteiger partial charge on any atom is -0.0893 e. The van der Waals surface area contributed by atoms with Gasteiger partial charge in [-0.2, -0.15) is 0 Å². The molecule has 0 nitrogen and oxygen atoms in total. The zero-order chi connectivity index (χ0) is 20.0. The van der Waals surface area contributed by atoms with Gasteiger partial charge in [0, 0.05) is 0 Å². The Balaban J connectivity index is 3.46. The van der Waals surface area contributed by atoms with Crippen molar-refractivity contribution < 1.29 is 0 Å². The fourth-order valence-corrected chi connectivity index (χ4v) is 4.77. The van der Waals surface area contributed by atoms with Crippen LogP contribution >= 0.6 is 0 Å². The van der Waals surface area contributed by atoms with Crippen molar-refractivity contribution in [1.82, 2.24) is 0 Å². The fourth-order valence-electron chi connectivity index (χ4n) is 4.77. The predicted molar refractivity (Wildman–Crippen MR) is 135 cm³/mol. The van der Waals surface area contributed by atoms with E-state index in [9.17, 15) is 0 Å². The zero-order valence-electron chi connectivity index (χ0n) is 20.0. The van der Waals surface area contributed by atoms with Crippen LogP contribution in [0.2, 0.25) is 38.9 Å². The van der Waals surface area contributed by atoms with E-state index in [1.165, 1.54) is 137 Å². The summed E-state index contributed by atoms with van der Waals surface area (Å²) in [6.45, 7) is 9.42. The Morgan fingerprint density at radius 1 is 0.556 bits per heavy atom. The predicted octanol–water partition coefficient (Wildman–Crippen LogP) is 7.94. The van der Waals surface area contributed by atoms with Crippen LogP contribution in [0.4, 0.5) is 0 Å². The Labute approximate surface area is 176 Å². The van der Waals surface area contributed by atoms with Gasteiger partial charge in [-0.1, -0.05) is 149 Å². The van der Waals surface area contributed by atoms with Gasteiger partial charge in [0.15, 0.2) is 0 Å². The molecule has 0 rings (SSSR count). The van der Waals surface area contributed by atoms with E-state index in [0.717, 1.165) is 11.7 Å². The molecular formula is C24H53B3. The van der Waals surface area contributed by atoms with Crippen molar-refractivity contribution in [2.75, 3.05) is 0 Å². The first kappa shape index (κ1) is 27.2. The molecule has 0 heterocycles. The highest BCUT2D eigenvalue weighted by molar-refractivity contribution is 6.35. The van der Waals surface area contributed by atoms with Gasteiger partial charge < -0.3 is 0 Å². The fraction of sp³-hybridized carbons (Fsp3) is 1.00. The molecule has 0 aliphatic heterocycles. The molecule has 0 aliphatic rings. The first-order valence-corrected chi connectivity index (χ1v) is 13.3. The van der Waals surface area contributed by atoms with Crippen molar-refractivity contribution in [2.24, 2.45) is 5.92 Å². The van der Waals surface area contributed by atoms with Crippen molar-refractivity contribution in [3.8, 4) is 0 Å². The van der Waals surface area contributed by atoms with Crippen molar-refractivity contribution >= 4 is 21.8 Å². The first-order chi connectivity index (χ1) is 13.3. The normalized spacial score (nSPS) is 13.3. The van der Waals surface area contributed by atoms with Gasteiger partial charge in [0.25, 0.3) is 0 Å². The molecule has 0 spiro atoms. The lowest BCUT2D eigenvalue weighted by atomic mass is 9.63. The molecule has 0 saturated heterocycles. The van der Waals surface area contributed by atoms with E-state index in [0.29, 0.717) is 0 Å².